The molecule has 1 unspecified atom stereocenters. The third-order valence-electron chi connectivity index (χ3n) is 6.48. The van der Waals surface area contributed by atoms with Gasteiger partial charge < -0.3 is 29.5 Å². The van der Waals surface area contributed by atoms with Gasteiger partial charge >= 0.3 is 11.7 Å². The van der Waals surface area contributed by atoms with Crippen molar-refractivity contribution in [1.29, 1.82) is 0 Å². The van der Waals surface area contributed by atoms with E-state index in [1.807, 2.05) is 4.90 Å². The van der Waals surface area contributed by atoms with Crippen molar-refractivity contribution in [3.05, 3.63) is 40.1 Å². The van der Waals surface area contributed by atoms with Crippen LogP contribution in [0.5, 0.6) is 5.75 Å². The van der Waals surface area contributed by atoms with Crippen molar-refractivity contribution in [3.63, 3.8) is 0 Å². The fraction of sp³-hybridized carbons (Fsp3) is 0.593. The van der Waals surface area contributed by atoms with Gasteiger partial charge in [-0.1, -0.05) is 18.9 Å². The lowest BCUT2D eigenvalue weighted by atomic mass is 9.91. The predicted molar refractivity (Wildman–Crippen MR) is 146 cm³/mol. The number of hydrogen-bond acceptors (Lipinski definition) is 11. The number of anilines is 3. The normalized spacial score (nSPS) is 15.1. The number of carbonyl (C=O) groups excluding carboxylic acids is 1. The Hall–Kier alpha value is -3.51. The second-order valence-electron chi connectivity index (χ2n) is 11.3. The van der Waals surface area contributed by atoms with Gasteiger partial charge in [-0.3, -0.25) is 14.9 Å². The highest BCUT2D eigenvalue weighted by Gasteiger charge is 2.39. The maximum Gasteiger partial charge on any atom is 0.329 e. The molecule has 1 atom stereocenters. The molecule has 1 aromatic carbocycles. The Bertz CT molecular complexity index is 1180. The number of nitrogens with one attached hydrogen (secondary N) is 1. The molecule has 12 heteroatoms. The molecule has 1 aliphatic rings. The highest BCUT2D eigenvalue weighted by atomic mass is 16.6. The molecule has 0 saturated heterocycles. The number of carbonyl (C=O) groups is 1. The average molecular weight is 546 g/mol. The second-order valence-corrected chi connectivity index (χ2v) is 11.3. The first-order valence-corrected chi connectivity index (χ1v) is 12.9. The van der Waals surface area contributed by atoms with Crippen LogP contribution in [0, 0.1) is 15.5 Å². The summed E-state index contributed by atoms with van der Waals surface area (Å²) in [5, 5.41) is 25.1. The first-order valence-electron chi connectivity index (χ1n) is 12.9. The minimum absolute atomic E-state index is 0.0301. The Morgan fingerprint density at radius 2 is 1.90 bits per heavy atom. The van der Waals surface area contributed by atoms with E-state index < -0.39 is 28.2 Å². The summed E-state index contributed by atoms with van der Waals surface area (Å²) in [5.74, 6) is 0.250. The number of aliphatic hydroxyl groups is 1. The van der Waals surface area contributed by atoms with Crippen molar-refractivity contribution < 1.29 is 29.0 Å². The van der Waals surface area contributed by atoms with E-state index in [9.17, 15) is 20.0 Å². The van der Waals surface area contributed by atoms with E-state index in [2.05, 4.69) is 15.3 Å². The number of ether oxygens (including phenoxy) is 3. The number of nitro groups is 1. The zero-order chi connectivity index (χ0) is 29.0. The molecule has 0 spiro atoms. The van der Waals surface area contributed by atoms with Gasteiger partial charge in [0.2, 0.25) is 11.8 Å². The number of aliphatic hydroxyl groups excluding tert-OH is 1. The Morgan fingerprint density at radius 1 is 1.23 bits per heavy atom. The summed E-state index contributed by atoms with van der Waals surface area (Å²) in [4.78, 5) is 35.3. The molecule has 0 amide bonds. The smallest absolute Gasteiger partial charge is 0.329 e. The number of esters is 1. The van der Waals surface area contributed by atoms with Crippen molar-refractivity contribution in [1.82, 2.24) is 9.97 Å². The van der Waals surface area contributed by atoms with Gasteiger partial charge in [-0.2, -0.15) is 4.98 Å². The van der Waals surface area contributed by atoms with Crippen molar-refractivity contribution >= 4 is 29.1 Å². The largest absolute Gasteiger partial charge is 0.495 e. The van der Waals surface area contributed by atoms with Crippen molar-refractivity contribution in [2.24, 2.45) is 5.41 Å². The molecule has 214 valence electrons. The van der Waals surface area contributed by atoms with Crippen LogP contribution < -0.4 is 15.0 Å². The minimum atomic E-state index is -1.12. The first-order chi connectivity index (χ1) is 18.3. The van der Waals surface area contributed by atoms with Crippen LogP contribution in [0.25, 0.3) is 0 Å². The number of nitrogens with zero attached hydrogens (tertiary/aromatic N) is 4. The molecule has 39 heavy (non-hydrogen) atoms. The van der Waals surface area contributed by atoms with Crippen LogP contribution >= 0.6 is 0 Å². The molecule has 1 saturated carbocycles. The molecule has 2 N–H and O–H groups in total. The van der Waals surface area contributed by atoms with Crippen LogP contribution in [0.15, 0.2) is 24.4 Å². The Kier molecular flexibility index (Phi) is 9.34. The van der Waals surface area contributed by atoms with Crippen LogP contribution in [-0.4, -0.2) is 58.4 Å². The summed E-state index contributed by atoms with van der Waals surface area (Å²) in [5.41, 5.74) is -0.909. The fourth-order valence-corrected chi connectivity index (χ4v) is 4.49. The van der Waals surface area contributed by atoms with Gasteiger partial charge in [-0.15, -0.1) is 0 Å². The highest BCUT2D eigenvalue weighted by Crippen LogP contribution is 2.37. The van der Waals surface area contributed by atoms with Crippen molar-refractivity contribution in [2.75, 3.05) is 31.0 Å². The van der Waals surface area contributed by atoms with Crippen LogP contribution in [0.2, 0.25) is 0 Å². The van der Waals surface area contributed by atoms with Gasteiger partial charge in [0, 0.05) is 25.3 Å². The predicted octanol–water partition coefficient (Wildman–Crippen LogP) is 4.89. The molecular weight excluding hydrogens is 506 g/mol. The van der Waals surface area contributed by atoms with Crippen LogP contribution in [-0.2, 0) is 14.3 Å². The molecule has 0 radical (unpaired) electrons. The molecular formula is C27H39N5O7. The minimum Gasteiger partial charge on any atom is -0.495 e. The van der Waals surface area contributed by atoms with Gasteiger partial charge in [-0.25, -0.2) is 4.98 Å². The molecule has 12 nitrogen and oxygen atoms in total. The van der Waals surface area contributed by atoms with Gasteiger partial charge in [0.25, 0.3) is 0 Å². The number of rotatable bonds is 11. The van der Waals surface area contributed by atoms with E-state index in [0.29, 0.717) is 17.0 Å². The summed E-state index contributed by atoms with van der Waals surface area (Å²) < 4.78 is 16.1. The molecule has 1 aromatic heterocycles. The van der Waals surface area contributed by atoms with Gasteiger partial charge in [0.15, 0.2) is 6.29 Å². The topological polar surface area (TPSA) is 149 Å². The number of methoxy groups -OCH3 is 2. The third kappa shape index (κ3) is 7.54. The maximum absolute atomic E-state index is 13.1. The summed E-state index contributed by atoms with van der Waals surface area (Å²) in [6.07, 6.45) is 3.66. The third-order valence-corrected chi connectivity index (χ3v) is 6.48. The highest BCUT2D eigenvalue weighted by molar-refractivity contribution is 5.77. The summed E-state index contributed by atoms with van der Waals surface area (Å²) in [6.45, 7) is 9.14. The lowest BCUT2D eigenvalue weighted by Crippen LogP contribution is -2.46. The Morgan fingerprint density at radius 3 is 2.46 bits per heavy atom. The second kappa shape index (κ2) is 12.1. The van der Waals surface area contributed by atoms with E-state index in [0.717, 1.165) is 25.7 Å². The SMILES string of the molecule is COc1cc(C(O)OC)ccc1Nc1ncc([N+](=O)[O-])c(N(CC(C)(C)C(=O)OC(C)(C)C)C2CCCC2)n1. The van der Waals surface area contributed by atoms with E-state index in [4.69, 9.17) is 14.2 Å². The lowest BCUT2D eigenvalue weighted by molar-refractivity contribution is -0.384. The fourth-order valence-electron chi connectivity index (χ4n) is 4.49. The number of benzene rings is 1. The summed E-state index contributed by atoms with van der Waals surface area (Å²) in [7, 11) is 2.86. The average Bonchev–Trinajstić information content (AvgIpc) is 3.40. The number of hydrogen-bond donors (Lipinski definition) is 2. The molecule has 3 rings (SSSR count). The standard InChI is InChI=1S/C27H39N5O7/c1-26(2,3)39-24(34)27(4,5)16-31(18-10-8-9-11-18)22-20(32(35)36)15-28-25(30-22)29-19-13-12-17(23(33)38-7)14-21(19)37-6/h12-15,18,23,33H,8-11,16H2,1-7H3,(H,28,29,30). The van der Waals surface area contributed by atoms with Gasteiger partial charge in [-0.05, 0) is 59.6 Å². The maximum atomic E-state index is 13.1. The molecule has 0 bridgehead atoms. The molecule has 2 aromatic rings. The van der Waals surface area contributed by atoms with Crippen LogP contribution in [0.3, 0.4) is 0 Å². The van der Waals surface area contributed by atoms with Crippen LogP contribution in [0.1, 0.15) is 72.2 Å². The molecule has 0 aliphatic heterocycles. The van der Waals surface area contributed by atoms with E-state index in [1.54, 1.807) is 52.8 Å². The lowest BCUT2D eigenvalue weighted by Gasteiger charge is -2.37. The van der Waals surface area contributed by atoms with Crippen LogP contribution in [0.4, 0.5) is 23.1 Å². The van der Waals surface area contributed by atoms with E-state index >= 15 is 0 Å². The zero-order valence-electron chi connectivity index (χ0n) is 23.7. The number of aromatic nitrogens is 2. The summed E-state index contributed by atoms with van der Waals surface area (Å²) >= 11 is 0. The van der Waals surface area contributed by atoms with Crippen molar-refractivity contribution in [3.8, 4) is 5.75 Å². The van der Waals surface area contributed by atoms with Crippen molar-refractivity contribution in [2.45, 2.75) is 78.2 Å². The Balaban J connectivity index is 2.02. The van der Waals surface area contributed by atoms with Gasteiger partial charge in [0.05, 0.1) is 23.1 Å². The quantitative estimate of drug-likeness (QED) is 0.172. The molecule has 1 aliphatic carbocycles. The molecule has 1 heterocycles. The Labute approximate surface area is 228 Å². The van der Waals surface area contributed by atoms with E-state index in [-0.39, 0.29) is 30.0 Å². The summed E-state index contributed by atoms with van der Waals surface area (Å²) in [6, 6.07) is 4.90. The zero-order valence-corrected chi connectivity index (χ0v) is 23.7. The van der Waals surface area contributed by atoms with Gasteiger partial charge in [0.1, 0.15) is 17.5 Å². The molecule has 1 fully saturated rings. The van der Waals surface area contributed by atoms with E-state index in [1.165, 1.54) is 20.4 Å². The first kappa shape index (κ1) is 30.0. The monoisotopic (exact) mass is 545 g/mol.